The predicted molar refractivity (Wildman–Crippen MR) is 97.5 cm³/mol. The third-order valence-corrected chi connectivity index (χ3v) is 3.48. The van der Waals surface area contributed by atoms with Crippen LogP contribution < -0.4 is 14.8 Å². The minimum Gasteiger partial charge on any atom is -0.488 e. The fourth-order valence-electron chi connectivity index (χ4n) is 2.07. The second kappa shape index (κ2) is 8.02. The fraction of sp³-hybridized carbons (Fsp3) is 0.474. The molecule has 2 aromatic rings. The van der Waals surface area contributed by atoms with Crippen LogP contribution in [0, 0.1) is 0 Å². The molecular weight excluding hydrogens is 359 g/mol. The minimum atomic E-state index is -4.59. The SMILES string of the molecule is CCC(C)Oc1nc(Nc2ccc(OC(C)(C)C)cc2)ncc1C(F)(F)F. The lowest BCUT2D eigenvalue weighted by atomic mass is 10.2. The smallest absolute Gasteiger partial charge is 0.423 e. The van der Waals surface area contributed by atoms with E-state index < -0.39 is 23.7 Å². The number of nitrogens with zero attached hydrogens (tertiary/aromatic N) is 2. The van der Waals surface area contributed by atoms with Crippen LogP contribution in [0.25, 0.3) is 0 Å². The number of hydrogen-bond acceptors (Lipinski definition) is 5. The summed E-state index contributed by atoms with van der Waals surface area (Å²) in [5.74, 6) is 0.218. The van der Waals surface area contributed by atoms with Crippen LogP contribution in [-0.4, -0.2) is 21.7 Å². The van der Waals surface area contributed by atoms with Gasteiger partial charge in [-0.25, -0.2) is 4.98 Å². The van der Waals surface area contributed by atoms with E-state index in [-0.39, 0.29) is 11.5 Å². The number of benzene rings is 1. The van der Waals surface area contributed by atoms with Crippen molar-refractivity contribution in [1.82, 2.24) is 9.97 Å². The molecule has 1 N–H and O–H groups in total. The molecule has 1 heterocycles. The Bertz CT molecular complexity index is 756. The van der Waals surface area contributed by atoms with Crippen molar-refractivity contribution in [3.63, 3.8) is 0 Å². The van der Waals surface area contributed by atoms with Crippen LogP contribution in [0.3, 0.4) is 0 Å². The summed E-state index contributed by atoms with van der Waals surface area (Å²) in [5, 5.41) is 2.88. The van der Waals surface area contributed by atoms with Crippen LogP contribution in [-0.2, 0) is 6.18 Å². The van der Waals surface area contributed by atoms with Gasteiger partial charge in [-0.1, -0.05) is 6.92 Å². The molecule has 148 valence electrons. The maximum absolute atomic E-state index is 13.1. The van der Waals surface area contributed by atoms with Gasteiger partial charge < -0.3 is 14.8 Å². The summed E-state index contributed by atoms with van der Waals surface area (Å²) >= 11 is 0. The normalized spacial score (nSPS) is 13.2. The van der Waals surface area contributed by atoms with Crippen molar-refractivity contribution >= 4 is 11.6 Å². The van der Waals surface area contributed by atoms with E-state index in [4.69, 9.17) is 9.47 Å². The Labute approximate surface area is 156 Å². The van der Waals surface area contributed by atoms with E-state index in [0.29, 0.717) is 17.9 Å². The predicted octanol–water partition coefficient (Wildman–Crippen LogP) is 5.59. The second-order valence-electron chi connectivity index (χ2n) is 7.11. The minimum absolute atomic E-state index is 0.0193. The molecule has 0 saturated carbocycles. The summed E-state index contributed by atoms with van der Waals surface area (Å²) in [5.41, 5.74) is -0.707. The molecule has 1 aromatic carbocycles. The molecule has 0 amide bonds. The number of hydrogen-bond donors (Lipinski definition) is 1. The Morgan fingerprint density at radius 3 is 2.26 bits per heavy atom. The van der Waals surface area contributed by atoms with Crippen molar-refractivity contribution in [3.05, 3.63) is 36.0 Å². The van der Waals surface area contributed by atoms with Crippen LogP contribution in [0.2, 0.25) is 0 Å². The molecule has 0 fully saturated rings. The average molecular weight is 383 g/mol. The summed E-state index contributed by atoms with van der Waals surface area (Å²) in [6, 6.07) is 6.98. The topological polar surface area (TPSA) is 56.3 Å². The van der Waals surface area contributed by atoms with Crippen molar-refractivity contribution in [3.8, 4) is 11.6 Å². The van der Waals surface area contributed by atoms with Gasteiger partial charge >= 0.3 is 6.18 Å². The summed E-state index contributed by atoms with van der Waals surface area (Å²) in [6.45, 7) is 9.32. The van der Waals surface area contributed by atoms with Crippen LogP contribution in [0.15, 0.2) is 30.5 Å². The molecule has 0 radical (unpaired) electrons. The Kier molecular flexibility index (Phi) is 6.18. The van der Waals surface area contributed by atoms with Gasteiger partial charge in [-0.2, -0.15) is 18.2 Å². The maximum atomic E-state index is 13.1. The van der Waals surface area contributed by atoms with Gasteiger partial charge in [0.1, 0.15) is 16.9 Å². The molecule has 8 heteroatoms. The second-order valence-corrected chi connectivity index (χ2v) is 7.11. The molecule has 0 bridgehead atoms. The number of rotatable bonds is 6. The highest BCUT2D eigenvalue weighted by atomic mass is 19.4. The maximum Gasteiger partial charge on any atom is 0.423 e. The summed E-state index contributed by atoms with van der Waals surface area (Å²) in [6.07, 6.45) is -3.71. The van der Waals surface area contributed by atoms with Gasteiger partial charge in [0.2, 0.25) is 11.8 Å². The van der Waals surface area contributed by atoms with Gasteiger partial charge in [-0.15, -0.1) is 0 Å². The summed E-state index contributed by atoms with van der Waals surface area (Å²) < 4.78 is 50.5. The van der Waals surface area contributed by atoms with E-state index in [1.807, 2.05) is 27.7 Å². The molecule has 1 aromatic heterocycles. The quantitative estimate of drug-likeness (QED) is 0.704. The number of halogens is 3. The number of aromatic nitrogens is 2. The first-order chi connectivity index (χ1) is 12.5. The average Bonchev–Trinajstić information content (AvgIpc) is 2.54. The first kappa shape index (κ1) is 20.8. The molecular formula is C19H24F3N3O2. The molecule has 1 atom stereocenters. The van der Waals surface area contributed by atoms with Crippen molar-refractivity contribution in [2.24, 2.45) is 0 Å². The first-order valence-corrected chi connectivity index (χ1v) is 8.65. The summed E-state index contributed by atoms with van der Waals surface area (Å²) in [7, 11) is 0. The lowest BCUT2D eigenvalue weighted by molar-refractivity contribution is -0.139. The van der Waals surface area contributed by atoms with E-state index in [0.717, 1.165) is 6.20 Å². The Morgan fingerprint density at radius 2 is 1.74 bits per heavy atom. The first-order valence-electron chi connectivity index (χ1n) is 8.65. The number of nitrogens with one attached hydrogen (secondary N) is 1. The van der Waals surface area contributed by atoms with Crippen molar-refractivity contribution in [2.45, 2.75) is 58.9 Å². The third kappa shape index (κ3) is 6.30. The molecule has 0 aliphatic heterocycles. The van der Waals surface area contributed by atoms with E-state index in [2.05, 4.69) is 15.3 Å². The Morgan fingerprint density at radius 1 is 1.11 bits per heavy atom. The molecule has 0 aliphatic carbocycles. The lowest BCUT2D eigenvalue weighted by Gasteiger charge is -2.21. The third-order valence-electron chi connectivity index (χ3n) is 3.48. The zero-order chi connectivity index (χ0) is 20.2. The van der Waals surface area contributed by atoms with Crippen molar-refractivity contribution in [1.29, 1.82) is 0 Å². The molecule has 1 unspecified atom stereocenters. The number of alkyl halides is 3. The van der Waals surface area contributed by atoms with E-state index in [9.17, 15) is 13.2 Å². The van der Waals surface area contributed by atoms with Crippen molar-refractivity contribution in [2.75, 3.05) is 5.32 Å². The molecule has 0 spiro atoms. The van der Waals surface area contributed by atoms with Crippen LogP contribution in [0.1, 0.15) is 46.6 Å². The Balaban J connectivity index is 2.22. The summed E-state index contributed by atoms with van der Waals surface area (Å²) in [4.78, 5) is 7.67. The molecule has 2 rings (SSSR count). The van der Waals surface area contributed by atoms with Crippen LogP contribution >= 0.6 is 0 Å². The zero-order valence-corrected chi connectivity index (χ0v) is 16.0. The molecule has 5 nitrogen and oxygen atoms in total. The highest BCUT2D eigenvalue weighted by Gasteiger charge is 2.36. The van der Waals surface area contributed by atoms with Gasteiger partial charge in [0.05, 0.1) is 6.10 Å². The standard InChI is InChI=1S/C19H24F3N3O2/c1-6-12(2)26-16-15(19(20,21)22)11-23-17(25-16)24-13-7-9-14(10-8-13)27-18(3,4)5/h7-12H,6H2,1-5H3,(H,23,24,25). The van der Waals surface area contributed by atoms with Crippen molar-refractivity contribution < 1.29 is 22.6 Å². The lowest BCUT2D eigenvalue weighted by Crippen LogP contribution is -2.22. The highest BCUT2D eigenvalue weighted by molar-refractivity contribution is 5.55. The zero-order valence-electron chi connectivity index (χ0n) is 16.0. The molecule has 0 saturated heterocycles. The Hall–Kier alpha value is -2.51. The monoisotopic (exact) mass is 383 g/mol. The number of anilines is 2. The van der Waals surface area contributed by atoms with E-state index in [1.165, 1.54) is 0 Å². The van der Waals surface area contributed by atoms with Gasteiger partial charge in [0.15, 0.2) is 0 Å². The van der Waals surface area contributed by atoms with Crippen LogP contribution in [0.4, 0.5) is 24.8 Å². The molecule has 27 heavy (non-hydrogen) atoms. The highest BCUT2D eigenvalue weighted by Crippen LogP contribution is 2.36. The molecule has 0 aliphatic rings. The van der Waals surface area contributed by atoms with Gasteiger partial charge in [-0.3, -0.25) is 0 Å². The van der Waals surface area contributed by atoms with Gasteiger partial charge in [0, 0.05) is 11.9 Å². The van der Waals surface area contributed by atoms with Crippen LogP contribution in [0.5, 0.6) is 11.6 Å². The van der Waals surface area contributed by atoms with Gasteiger partial charge in [-0.05, 0) is 58.4 Å². The largest absolute Gasteiger partial charge is 0.488 e. The fourth-order valence-corrected chi connectivity index (χ4v) is 2.07. The van der Waals surface area contributed by atoms with E-state index >= 15 is 0 Å². The van der Waals surface area contributed by atoms with E-state index in [1.54, 1.807) is 31.2 Å². The number of ether oxygens (including phenoxy) is 2. The van der Waals surface area contributed by atoms with Gasteiger partial charge in [0.25, 0.3) is 0 Å².